The van der Waals surface area contributed by atoms with Crippen molar-refractivity contribution in [1.29, 1.82) is 0 Å². The Morgan fingerprint density at radius 1 is 0.909 bits per heavy atom. The fourth-order valence-corrected chi connectivity index (χ4v) is 0.714. The molecule has 0 aromatic heterocycles. The van der Waals surface area contributed by atoms with Gasteiger partial charge < -0.3 is 0 Å². The highest BCUT2D eigenvalue weighted by Crippen LogP contribution is 1.96. The van der Waals surface area contributed by atoms with Crippen LogP contribution < -0.4 is 0 Å². The van der Waals surface area contributed by atoms with Crippen molar-refractivity contribution in [3.63, 3.8) is 0 Å². The molecule has 0 atom stereocenters. The van der Waals surface area contributed by atoms with Crippen LogP contribution in [0.4, 0.5) is 0 Å². The topological polar surface area (TPSA) is 0 Å². The molecule has 0 bridgehead atoms. The lowest BCUT2D eigenvalue weighted by molar-refractivity contribution is 1.14. The lowest BCUT2D eigenvalue weighted by atomic mass is 10.2. The van der Waals surface area contributed by atoms with E-state index in [1.54, 1.807) is 0 Å². The van der Waals surface area contributed by atoms with Gasteiger partial charge in [0.05, 0.1) is 0 Å². The molecule has 0 heterocycles. The predicted octanol–water partition coefficient (Wildman–Crippen LogP) is 3.51. The summed E-state index contributed by atoms with van der Waals surface area (Å²) in [5.41, 5.74) is 1.41. The number of benzene rings is 1. The van der Waals surface area contributed by atoms with Crippen molar-refractivity contribution in [1.82, 2.24) is 0 Å². The van der Waals surface area contributed by atoms with Gasteiger partial charge in [0.2, 0.25) is 0 Å². The van der Waals surface area contributed by atoms with Crippen LogP contribution in [0.5, 0.6) is 0 Å². The third kappa shape index (κ3) is 6.49. The van der Waals surface area contributed by atoms with E-state index in [0.717, 1.165) is 6.42 Å². The maximum Gasteiger partial charge on any atom is -0.0307 e. The van der Waals surface area contributed by atoms with Crippen LogP contribution in [0.25, 0.3) is 0 Å². The van der Waals surface area contributed by atoms with E-state index in [-0.39, 0.29) is 37.2 Å². The van der Waals surface area contributed by atoms with Gasteiger partial charge in [-0.05, 0) is 12.0 Å². The summed E-state index contributed by atoms with van der Waals surface area (Å²) in [5.74, 6) is 0. The molecule has 0 amide bonds. The molecule has 0 N–H and O–H groups in total. The molecule has 1 aromatic carbocycles. The van der Waals surface area contributed by atoms with E-state index in [0.29, 0.717) is 0 Å². The van der Waals surface area contributed by atoms with Gasteiger partial charge in [0, 0.05) is 0 Å². The van der Waals surface area contributed by atoms with Crippen LogP contribution in [0.15, 0.2) is 30.3 Å². The van der Waals surface area contributed by atoms with Crippen molar-refractivity contribution in [3.8, 4) is 0 Å². The molecule has 0 nitrogen and oxygen atoms in total. The van der Waals surface area contributed by atoms with E-state index >= 15 is 0 Å². The average molecular weight is 216 g/mol. The third-order valence-corrected chi connectivity index (χ3v) is 1.25. The first-order chi connectivity index (χ1) is 3.93. The van der Waals surface area contributed by atoms with Crippen LogP contribution in [0.2, 0.25) is 0 Å². The van der Waals surface area contributed by atoms with E-state index in [2.05, 4.69) is 31.2 Å². The molecule has 0 saturated carbocycles. The van der Waals surface area contributed by atoms with Gasteiger partial charge in [-0.25, -0.2) is 0 Å². The standard InChI is InChI=1S/C8H10.3ClH/c1-2-8-6-4-3-5-7-8;;;/h3-7H,2H2,1H3;3*1H. The zero-order chi connectivity index (χ0) is 5.82. The summed E-state index contributed by atoms with van der Waals surface area (Å²) in [4.78, 5) is 0. The normalized spacial score (nSPS) is 6.64. The number of halogens is 3. The molecule has 66 valence electrons. The van der Waals surface area contributed by atoms with Crippen LogP contribution in [0.3, 0.4) is 0 Å². The first-order valence-electron chi connectivity index (χ1n) is 2.97. The van der Waals surface area contributed by atoms with E-state index in [1.165, 1.54) is 5.56 Å². The van der Waals surface area contributed by atoms with Crippen molar-refractivity contribution in [2.75, 3.05) is 0 Å². The Bertz CT molecular complexity index is 151. The second kappa shape index (κ2) is 10.1. The number of hydrogen-bond acceptors (Lipinski definition) is 0. The molecule has 0 aliphatic heterocycles. The maximum atomic E-state index is 2.16. The van der Waals surface area contributed by atoms with Crippen molar-refractivity contribution < 1.29 is 0 Å². The maximum absolute atomic E-state index is 2.16. The zero-order valence-corrected chi connectivity index (χ0v) is 8.77. The van der Waals surface area contributed by atoms with Crippen LogP contribution >= 0.6 is 37.2 Å². The highest BCUT2D eigenvalue weighted by molar-refractivity contribution is 5.86. The summed E-state index contributed by atoms with van der Waals surface area (Å²) in [6.07, 6.45) is 1.14. The van der Waals surface area contributed by atoms with E-state index in [1.807, 2.05) is 6.07 Å². The third-order valence-electron chi connectivity index (χ3n) is 1.25. The van der Waals surface area contributed by atoms with Gasteiger partial charge in [-0.15, -0.1) is 37.2 Å². The van der Waals surface area contributed by atoms with Gasteiger partial charge in [-0.2, -0.15) is 0 Å². The minimum Gasteiger partial charge on any atom is -0.147 e. The highest BCUT2D eigenvalue weighted by Gasteiger charge is 1.79. The second-order valence-corrected chi connectivity index (χ2v) is 1.84. The zero-order valence-electron chi connectivity index (χ0n) is 6.32. The monoisotopic (exact) mass is 214 g/mol. The summed E-state index contributed by atoms with van der Waals surface area (Å²) in [5, 5.41) is 0. The smallest absolute Gasteiger partial charge is 0.0307 e. The van der Waals surface area contributed by atoms with Crippen molar-refractivity contribution in [2.24, 2.45) is 0 Å². The Morgan fingerprint density at radius 3 is 1.64 bits per heavy atom. The summed E-state index contributed by atoms with van der Waals surface area (Å²) >= 11 is 0. The Morgan fingerprint density at radius 2 is 1.36 bits per heavy atom. The molecule has 0 aliphatic carbocycles. The first kappa shape index (κ1) is 17.3. The SMILES string of the molecule is CCc1ccccc1.Cl.Cl.Cl. The van der Waals surface area contributed by atoms with Gasteiger partial charge in [0.1, 0.15) is 0 Å². The van der Waals surface area contributed by atoms with E-state index in [4.69, 9.17) is 0 Å². The molecule has 11 heavy (non-hydrogen) atoms. The predicted molar refractivity (Wildman–Crippen MR) is 57.6 cm³/mol. The van der Waals surface area contributed by atoms with Gasteiger partial charge in [-0.1, -0.05) is 37.3 Å². The summed E-state index contributed by atoms with van der Waals surface area (Å²) in [7, 11) is 0. The molecule has 0 saturated heterocycles. The highest BCUT2D eigenvalue weighted by atomic mass is 35.5. The lowest BCUT2D eigenvalue weighted by Gasteiger charge is -1.89. The molecular weight excluding hydrogens is 202 g/mol. The summed E-state index contributed by atoms with van der Waals surface area (Å²) in [6, 6.07) is 10.5. The molecule has 0 radical (unpaired) electrons. The second-order valence-electron chi connectivity index (χ2n) is 1.84. The fourth-order valence-electron chi connectivity index (χ4n) is 0.714. The number of hydrogen-bond donors (Lipinski definition) is 0. The minimum absolute atomic E-state index is 0. The minimum atomic E-state index is 0. The van der Waals surface area contributed by atoms with Crippen molar-refractivity contribution in [2.45, 2.75) is 13.3 Å². The Hall–Kier alpha value is 0.0900. The molecule has 1 aromatic rings. The van der Waals surface area contributed by atoms with Crippen LogP contribution in [0.1, 0.15) is 12.5 Å². The molecule has 0 spiro atoms. The largest absolute Gasteiger partial charge is 0.147 e. The molecule has 0 aliphatic rings. The molecule has 0 unspecified atom stereocenters. The molecule has 0 fully saturated rings. The van der Waals surface area contributed by atoms with E-state index in [9.17, 15) is 0 Å². The van der Waals surface area contributed by atoms with Crippen LogP contribution in [0, 0.1) is 0 Å². The van der Waals surface area contributed by atoms with Gasteiger partial charge in [-0.3, -0.25) is 0 Å². The van der Waals surface area contributed by atoms with Crippen molar-refractivity contribution >= 4 is 37.2 Å². The lowest BCUT2D eigenvalue weighted by Crippen LogP contribution is -1.73. The van der Waals surface area contributed by atoms with Crippen molar-refractivity contribution in [3.05, 3.63) is 35.9 Å². The van der Waals surface area contributed by atoms with Crippen LogP contribution in [-0.2, 0) is 6.42 Å². The molecular formula is C8H13Cl3. The Balaban J connectivity index is -0.000000213. The first-order valence-corrected chi connectivity index (χ1v) is 2.97. The summed E-state index contributed by atoms with van der Waals surface area (Å²) in [6.45, 7) is 2.16. The van der Waals surface area contributed by atoms with Gasteiger partial charge in [0.15, 0.2) is 0 Å². The summed E-state index contributed by atoms with van der Waals surface area (Å²) < 4.78 is 0. The van der Waals surface area contributed by atoms with Gasteiger partial charge >= 0.3 is 0 Å². The molecule has 1 rings (SSSR count). The van der Waals surface area contributed by atoms with Crippen LogP contribution in [-0.4, -0.2) is 0 Å². The van der Waals surface area contributed by atoms with E-state index < -0.39 is 0 Å². The Kier molecular flexibility index (Phi) is 15.8. The number of rotatable bonds is 1. The fraction of sp³-hybridized carbons (Fsp3) is 0.250. The molecule has 3 heteroatoms. The van der Waals surface area contributed by atoms with Gasteiger partial charge in [0.25, 0.3) is 0 Å². The quantitative estimate of drug-likeness (QED) is 0.672. The Labute approximate surface area is 86.6 Å². The average Bonchev–Trinajstić information content (AvgIpc) is 1.90. The number of aryl methyl sites for hydroxylation is 1.